The Morgan fingerprint density at radius 1 is 0.918 bits per heavy atom. The summed E-state index contributed by atoms with van der Waals surface area (Å²) in [5, 5.41) is 2.26. The molecule has 1 saturated carbocycles. The first-order valence-corrected chi connectivity index (χ1v) is 17.3. The monoisotopic (exact) mass is 820 g/mol. The van der Waals surface area contributed by atoms with Gasteiger partial charge in [-0.15, -0.1) is 54.1 Å². The number of nitrogens with zero attached hydrogens (tertiary/aromatic N) is 3. The molecule has 1 radical (unpaired) electrons. The number of fused-ring (bicyclic) bond motifs is 3. The Labute approximate surface area is 302 Å². The van der Waals surface area contributed by atoms with Gasteiger partial charge in [0.15, 0.2) is 0 Å². The van der Waals surface area contributed by atoms with Gasteiger partial charge < -0.3 is 14.0 Å². The summed E-state index contributed by atoms with van der Waals surface area (Å²) in [6.07, 6.45) is 11.9. The van der Waals surface area contributed by atoms with Crippen molar-refractivity contribution in [1.29, 1.82) is 0 Å². The molecule has 4 aromatic carbocycles. The zero-order valence-electron chi connectivity index (χ0n) is 28.8. The van der Waals surface area contributed by atoms with Crippen LogP contribution in [-0.2, 0) is 25.6 Å². The molecule has 0 N–H and O–H groups in total. The van der Waals surface area contributed by atoms with Gasteiger partial charge in [0.1, 0.15) is 5.58 Å². The molecule has 9 rings (SSSR count). The first kappa shape index (κ1) is 33.2. The van der Waals surface area contributed by atoms with Crippen molar-refractivity contribution in [3.8, 4) is 22.6 Å². The Balaban J connectivity index is 0.000000152. The van der Waals surface area contributed by atoms with Crippen LogP contribution in [0, 0.1) is 19.1 Å². The van der Waals surface area contributed by atoms with Crippen molar-refractivity contribution in [3.05, 3.63) is 126 Å². The van der Waals surface area contributed by atoms with Crippen LogP contribution in [0.2, 0.25) is 0 Å². The number of allylic oxidation sites excluding steroid dienone is 1. The predicted octanol–water partition coefficient (Wildman–Crippen LogP) is 11.8. The van der Waals surface area contributed by atoms with Gasteiger partial charge in [-0.1, -0.05) is 79.6 Å². The summed E-state index contributed by atoms with van der Waals surface area (Å²) < 4.78 is 8.57. The molecule has 249 valence electrons. The maximum atomic E-state index is 6.15. The summed E-state index contributed by atoms with van der Waals surface area (Å²) in [6, 6.07) is 33.9. The second-order valence-electron chi connectivity index (χ2n) is 14.3. The fourth-order valence-corrected chi connectivity index (χ4v) is 7.59. The van der Waals surface area contributed by atoms with E-state index < -0.39 is 0 Å². The molecule has 0 atom stereocenters. The van der Waals surface area contributed by atoms with Crippen molar-refractivity contribution in [2.24, 2.45) is 0 Å². The van der Waals surface area contributed by atoms with Crippen molar-refractivity contribution in [1.82, 2.24) is 14.5 Å². The van der Waals surface area contributed by atoms with E-state index in [4.69, 9.17) is 9.40 Å². The second kappa shape index (κ2) is 13.2. The molecule has 1 aliphatic heterocycles. The molecule has 0 saturated heterocycles. The molecule has 3 aromatic heterocycles. The van der Waals surface area contributed by atoms with E-state index >= 15 is 0 Å². The number of imidazole rings is 1. The second-order valence-corrected chi connectivity index (χ2v) is 14.3. The van der Waals surface area contributed by atoms with Crippen molar-refractivity contribution in [2.75, 3.05) is 0 Å². The Bertz CT molecular complexity index is 2320. The molecule has 4 nitrogen and oxygen atoms in total. The van der Waals surface area contributed by atoms with E-state index in [1.54, 1.807) is 0 Å². The maximum Gasteiger partial charge on any atom is 0.121 e. The van der Waals surface area contributed by atoms with E-state index in [1.165, 1.54) is 53.5 Å². The molecule has 5 heteroatoms. The van der Waals surface area contributed by atoms with Crippen LogP contribution in [0.25, 0.3) is 61.7 Å². The van der Waals surface area contributed by atoms with E-state index in [2.05, 4.69) is 129 Å². The molecule has 1 fully saturated rings. The van der Waals surface area contributed by atoms with E-state index in [9.17, 15) is 0 Å². The molecular weight excluding hydrogens is 779 g/mol. The van der Waals surface area contributed by atoms with Gasteiger partial charge in [0.2, 0.25) is 0 Å². The van der Waals surface area contributed by atoms with Gasteiger partial charge in [0.05, 0.1) is 28.0 Å². The minimum Gasteiger partial charge on any atom is -0.501 e. The number of furan rings is 1. The predicted molar refractivity (Wildman–Crippen MR) is 198 cm³/mol. The number of pyridine rings is 1. The van der Waals surface area contributed by atoms with Crippen LogP contribution in [0.5, 0.6) is 0 Å². The molecule has 4 heterocycles. The van der Waals surface area contributed by atoms with Crippen LogP contribution in [0.4, 0.5) is 0 Å². The zero-order chi connectivity index (χ0) is 33.0. The molecule has 7 aromatic rings. The largest absolute Gasteiger partial charge is 0.501 e. The van der Waals surface area contributed by atoms with E-state index in [-0.39, 0.29) is 25.6 Å². The minimum absolute atomic E-state index is 0. The summed E-state index contributed by atoms with van der Waals surface area (Å²) in [5.74, 6) is 2.20. The molecule has 0 spiro atoms. The Morgan fingerprint density at radius 3 is 2.53 bits per heavy atom. The first-order chi connectivity index (χ1) is 23.3. The summed E-state index contributed by atoms with van der Waals surface area (Å²) in [7, 11) is 0. The van der Waals surface area contributed by atoms with Crippen LogP contribution in [-0.4, -0.2) is 14.5 Å². The summed E-state index contributed by atoms with van der Waals surface area (Å²) in [4.78, 5) is 9.55. The van der Waals surface area contributed by atoms with Crippen LogP contribution in [0.15, 0.2) is 95.6 Å². The van der Waals surface area contributed by atoms with Crippen LogP contribution in [0.3, 0.4) is 0 Å². The Kier molecular flexibility index (Phi) is 8.94. The SMILES string of the molecule is CC1(C)C=Cc2c(C3CCCC3)ccc3nc(-c4[c-]cccc4)n1c23.Cc1ccc2c(c1)oc1c(-c3cc(C(C)C)ccn3)[c-]ccc12.[Ir]. The summed E-state index contributed by atoms with van der Waals surface area (Å²) in [5.41, 5.74) is 12.4. The van der Waals surface area contributed by atoms with Gasteiger partial charge in [0, 0.05) is 37.3 Å². The molecule has 2 aliphatic rings. The average molecular weight is 820 g/mol. The van der Waals surface area contributed by atoms with Gasteiger partial charge in [-0.25, -0.2) is 0 Å². The summed E-state index contributed by atoms with van der Waals surface area (Å²) >= 11 is 0. The molecular formula is C44H41IrN3O-2. The number of hydrogen-bond donors (Lipinski definition) is 0. The quantitative estimate of drug-likeness (QED) is 0.166. The molecule has 49 heavy (non-hydrogen) atoms. The summed E-state index contributed by atoms with van der Waals surface area (Å²) in [6.45, 7) is 11.0. The number of aryl methyl sites for hydroxylation is 1. The van der Waals surface area contributed by atoms with Crippen molar-refractivity contribution >= 4 is 39.0 Å². The first-order valence-electron chi connectivity index (χ1n) is 17.3. The van der Waals surface area contributed by atoms with Crippen molar-refractivity contribution < 1.29 is 24.5 Å². The van der Waals surface area contributed by atoms with E-state index in [0.29, 0.717) is 11.8 Å². The number of aromatic nitrogens is 3. The third kappa shape index (κ3) is 5.98. The standard InChI is InChI=1S/C23H23N2.C21H18NO.Ir/c1-23(2)15-14-19-18(16-8-6-7-9-16)12-13-20-21(19)25(23)22(24-20)17-10-4-3-5-11-17;1-13(2)15-9-10-22-19(12-15)18-6-4-5-17-16-8-7-14(3)11-20(16)23-21(17)18;/h3-5,10,12-16H,6-9H2,1-2H3;4-5,7-13H,1-3H3;/q2*-1;. The fourth-order valence-electron chi connectivity index (χ4n) is 7.59. The van der Waals surface area contributed by atoms with Gasteiger partial charge in [-0.3, -0.25) is 4.98 Å². The average Bonchev–Trinajstić information content (AvgIpc) is 3.85. The van der Waals surface area contributed by atoms with E-state index in [1.807, 2.05) is 24.4 Å². The van der Waals surface area contributed by atoms with Gasteiger partial charge in [0.25, 0.3) is 0 Å². The molecule has 0 bridgehead atoms. The number of hydrogen-bond acceptors (Lipinski definition) is 3. The van der Waals surface area contributed by atoms with Gasteiger partial charge in [-0.2, -0.15) is 0 Å². The number of rotatable bonds is 4. The van der Waals surface area contributed by atoms with Crippen LogP contribution < -0.4 is 0 Å². The van der Waals surface area contributed by atoms with E-state index in [0.717, 1.165) is 50.1 Å². The van der Waals surface area contributed by atoms with Crippen molar-refractivity contribution in [3.63, 3.8) is 0 Å². The normalized spacial score (nSPS) is 15.1. The number of benzene rings is 4. The minimum atomic E-state index is -0.0882. The molecule has 0 amide bonds. The Morgan fingerprint density at radius 2 is 1.76 bits per heavy atom. The smallest absolute Gasteiger partial charge is 0.121 e. The topological polar surface area (TPSA) is 43.9 Å². The van der Waals surface area contributed by atoms with Gasteiger partial charge >= 0.3 is 0 Å². The third-order valence-electron chi connectivity index (χ3n) is 10.2. The molecule has 1 aliphatic carbocycles. The van der Waals surface area contributed by atoms with Gasteiger partial charge in [-0.05, 0) is 80.5 Å². The zero-order valence-corrected chi connectivity index (χ0v) is 31.2. The Hall–Kier alpha value is -4.31. The molecule has 0 unspecified atom stereocenters. The third-order valence-corrected chi connectivity index (χ3v) is 10.2. The maximum absolute atomic E-state index is 6.15. The van der Waals surface area contributed by atoms with Crippen LogP contribution >= 0.6 is 0 Å². The van der Waals surface area contributed by atoms with Crippen LogP contribution in [0.1, 0.15) is 87.5 Å². The van der Waals surface area contributed by atoms with Crippen molar-refractivity contribution in [2.45, 2.75) is 77.7 Å². The fraction of sp³-hybridized carbons (Fsp3) is 0.273.